The fourth-order valence-electron chi connectivity index (χ4n) is 1.03. The van der Waals surface area contributed by atoms with Crippen LogP contribution in [-0.2, 0) is 0 Å². The Morgan fingerprint density at radius 2 is 0.650 bits per heavy atom. The summed E-state index contributed by atoms with van der Waals surface area (Å²) in [6.45, 7) is 17.1. The first-order valence-electron chi connectivity index (χ1n) is 9.19. The second-order valence-electron chi connectivity index (χ2n) is 4.47. The lowest BCUT2D eigenvalue weighted by Crippen LogP contribution is -1.76. The van der Waals surface area contributed by atoms with Crippen LogP contribution in [0.3, 0.4) is 0 Å². The molecule has 0 rings (SSSR count). The Kier molecular flexibility index (Phi) is 98.8. The van der Waals surface area contributed by atoms with Crippen molar-refractivity contribution in [3.63, 3.8) is 0 Å². The zero-order valence-corrected chi connectivity index (χ0v) is 16.5. The standard InChI is InChI=1S/C9H20.C4H10.C3H8.C2H6.CH4O/c1-3-5-7-9-8-6-4-2;1-3-4-2;1-3-2;2*1-2/h3-9H2,1-2H3;3-4H2,1-2H3;3H2,1-2H3;1-2H3;2H,1H3. The molecule has 0 atom stereocenters. The predicted octanol–water partition coefficient (Wildman–Crippen LogP) is 7.61. The molecule has 20 heavy (non-hydrogen) atoms. The lowest BCUT2D eigenvalue weighted by atomic mass is 10.1. The molecule has 0 aromatic carbocycles. The number of aliphatic hydroxyl groups is 1. The molecule has 0 aliphatic heterocycles. The summed E-state index contributed by atoms with van der Waals surface area (Å²) >= 11 is 0. The summed E-state index contributed by atoms with van der Waals surface area (Å²) < 4.78 is 0. The van der Waals surface area contributed by atoms with E-state index in [0.717, 1.165) is 7.11 Å². The second kappa shape index (κ2) is 61.6. The predicted molar refractivity (Wildman–Crippen MR) is 99.7 cm³/mol. The first-order chi connectivity index (χ1) is 9.74. The second-order valence-corrected chi connectivity index (χ2v) is 4.47. The van der Waals surface area contributed by atoms with Crippen LogP contribution < -0.4 is 0 Å². The maximum absolute atomic E-state index is 7.00. The molecule has 0 aromatic rings. The van der Waals surface area contributed by atoms with Crippen LogP contribution >= 0.6 is 0 Å². The molecular formula is C19H48O. The van der Waals surface area contributed by atoms with Gasteiger partial charge in [0, 0.05) is 7.11 Å². The summed E-state index contributed by atoms with van der Waals surface area (Å²) in [5.74, 6) is 0. The molecule has 0 heterocycles. The molecule has 0 saturated carbocycles. The molecule has 0 bridgehead atoms. The monoisotopic (exact) mass is 292 g/mol. The van der Waals surface area contributed by atoms with Gasteiger partial charge in [-0.2, -0.15) is 0 Å². The maximum Gasteiger partial charge on any atom is 0.0319 e. The van der Waals surface area contributed by atoms with Gasteiger partial charge in [0.05, 0.1) is 0 Å². The van der Waals surface area contributed by atoms with E-state index in [2.05, 4.69) is 41.5 Å². The molecule has 0 saturated heterocycles. The van der Waals surface area contributed by atoms with Crippen LogP contribution in [0.25, 0.3) is 0 Å². The van der Waals surface area contributed by atoms with E-state index in [1.54, 1.807) is 0 Å². The van der Waals surface area contributed by atoms with E-state index in [1.807, 2.05) is 13.8 Å². The van der Waals surface area contributed by atoms with E-state index < -0.39 is 0 Å². The minimum Gasteiger partial charge on any atom is -0.400 e. The van der Waals surface area contributed by atoms with E-state index in [1.165, 1.54) is 64.2 Å². The Morgan fingerprint density at radius 1 is 0.450 bits per heavy atom. The molecule has 0 unspecified atom stereocenters. The fourth-order valence-corrected chi connectivity index (χ4v) is 1.03. The van der Waals surface area contributed by atoms with Crippen LogP contribution in [0.15, 0.2) is 0 Å². The van der Waals surface area contributed by atoms with Gasteiger partial charge in [0.1, 0.15) is 0 Å². The highest BCUT2D eigenvalue weighted by molar-refractivity contribution is 4.41. The largest absolute Gasteiger partial charge is 0.400 e. The lowest BCUT2D eigenvalue weighted by Gasteiger charge is -1.96. The number of rotatable bonds is 7. The molecule has 0 fully saturated rings. The Morgan fingerprint density at radius 3 is 0.800 bits per heavy atom. The SMILES string of the molecule is CC.CCC.CCCC.CCCCCCCCC.CO. The molecule has 1 nitrogen and oxygen atoms in total. The number of aliphatic hydroxyl groups excluding tert-OH is 1. The average Bonchev–Trinajstić information content (AvgIpc) is 2.52. The number of unbranched alkanes of at least 4 members (excludes halogenated alkanes) is 7. The third-order valence-electron chi connectivity index (χ3n) is 2.21. The fraction of sp³-hybridized carbons (Fsp3) is 1.00. The molecule has 0 aliphatic carbocycles. The molecular weight excluding hydrogens is 244 g/mol. The number of hydrogen-bond donors (Lipinski definition) is 1. The lowest BCUT2D eigenvalue weighted by molar-refractivity contribution is 0.399. The number of hydrogen-bond acceptors (Lipinski definition) is 1. The van der Waals surface area contributed by atoms with Crippen molar-refractivity contribution in [3.05, 3.63) is 0 Å². The van der Waals surface area contributed by atoms with Gasteiger partial charge in [-0.3, -0.25) is 0 Å². The normalized spacial score (nSPS) is 7.50. The highest BCUT2D eigenvalue weighted by Crippen LogP contribution is 2.05. The molecule has 1 N–H and O–H groups in total. The van der Waals surface area contributed by atoms with Gasteiger partial charge in [-0.1, -0.05) is 120 Å². The molecule has 1 heteroatoms. The summed E-state index contributed by atoms with van der Waals surface area (Å²) in [7, 11) is 1.00. The highest BCUT2D eigenvalue weighted by Gasteiger charge is 1.85. The quantitative estimate of drug-likeness (QED) is 0.478. The van der Waals surface area contributed by atoms with Crippen molar-refractivity contribution in [2.45, 2.75) is 120 Å². The van der Waals surface area contributed by atoms with E-state index in [4.69, 9.17) is 5.11 Å². The Hall–Kier alpha value is -0.0400. The van der Waals surface area contributed by atoms with Gasteiger partial charge in [0.25, 0.3) is 0 Å². The van der Waals surface area contributed by atoms with E-state index >= 15 is 0 Å². The third-order valence-corrected chi connectivity index (χ3v) is 2.21. The Bertz CT molecular complexity index is 64.2. The molecule has 0 amide bonds. The van der Waals surface area contributed by atoms with E-state index in [0.29, 0.717) is 0 Å². The molecule has 0 aliphatic rings. The molecule has 0 spiro atoms. The summed E-state index contributed by atoms with van der Waals surface area (Å²) in [6, 6.07) is 0. The van der Waals surface area contributed by atoms with E-state index in [-0.39, 0.29) is 0 Å². The third kappa shape index (κ3) is 107. The van der Waals surface area contributed by atoms with Gasteiger partial charge >= 0.3 is 0 Å². The van der Waals surface area contributed by atoms with Crippen LogP contribution in [0, 0.1) is 0 Å². The first kappa shape index (κ1) is 32.1. The van der Waals surface area contributed by atoms with Crippen molar-refractivity contribution >= 4 is 0 Å². The smallest absolute Gasteiger partial charge is 0.0319 e. The minimum absolute atomic E-state index is 1.00. The summed E-state index contributed by atoms with van der Waals surface area (Å²) in [6.07, 6.45) is 13.9. The van der Waals surface area contributed by atoms with Crippen LogP contribution in [0.4, 0.5) is 0 Å². The average molecular weight is 293 g/mol. The molecule has 0 aromatic heterocycles. The van der Waals surface area contributed by atoms with Crippen LogP contribution in [0.2, 0.25) is 0 Å². The maximum atomic E-state index is 7.00. The van der Waals surface area contributed by atoms with Crippen molar-refractivity contribution in [1.29, 1.82) is 0 Å². The molecule has 130 valence electrons. The summed E-state index contributed by atoms with van der Waals surface area (Å²) in [5, 5.41) is 7.00. The Balaban J connectivity index is -0.0000000572. The zero-order chi connectivity index (χ0) is 17.1. The summed E-state index contributed by atoms with van der Waals surface area (Å²) in [4.78, 5) is 0. The minimum atomic E-state index is 1.00. The van der Waals surface area contributed by atoms with Gasteiger partial charge in [-0.25, -0.2) is 0 Å². The van der Waals surface area contributed by atoms with Gasteiger partial charge in [0.15, 0.2) is 0 Å². The van der Waals surface area contributed by atoms with Crippen molar-refractivity contribution in [1.82, 2.24) is 0 Å². The van der Waals surface area contributed by atoms with Crippen molar-refractivity contribution in [3.8, 4) is 0 Å². The van der Waals surface area contributed by atoms with Crippen LogP contribution in [0.5, 0.6) is 0 Å². The van der Waals surface area contributed by atoms with Crippen LogP contribution in [-0.4, -0.2) is 12.2 Å². The van der Waals surface area contributed by atoms with Crippen molar-refractivity contribution in [2.24, 2.45) is 0 Å². The zero-order valence-electron chi connectivity index (χ0n) is 16.5. The van der Waals surface area contributed by atoms with Crippen LogP contribution in [0.1, 0.15) is 120 Å². The Labute approximate surface area is 132 Å². The topological polar surface area (TPSA) is 20.2 Å². The van der Waals surface area contributed by atoms with Crippen molar-refractivity contribution in [2.75, 3.05) is 7.11 Å². The first-order valence-corrected chi connectivity index (χ1v) is 9.19. The van der Waals surface area contributed by atoms with Gasteiger partial charge in [0.2, 0.25) is 0 Å². The van der Waals surface area contributed by atoms with Crippen molar-refractivity contribution < 1.29 is 5.11 Å². The summed E-state index contributed by atoms with van der Waals surface area (Å²) in [5.41, 5.74) is 0. The highest BCUT2D eigenvalue weighted by atomic mass is 16.2. The van der Waals surface area contributed by atoms with Gasteiger partial charge in [-0.15, -0.1) is 0 Å². The molecule has 0 radical (unpaired) electrons. The van der Waals surface area contributed by atoms with E-state index in [9.17, 15) is 0 Å². The van der Waals surface area contributed by atoms with Gasteiger partial charge in [-0.05, 0) is 0 Å². The van der Waals surface area contributed by atoms with Gasteiger partial charge < -0.3 is 5.11 Å².